The minimum absolute atomic E-state index is 0.0126. The smallest absolute Gasteiger partial charge is 0.228 e. The van der Waals surface area contributed by atoms with Crippen LogP contribution in [0.3, 0.4) is 0 Å². The zero-order chi connectivity index (χ0) is 14.8. The molecule has 2 N–H and O–H groups in total. The van der Waals surface area contributed by atoms with Gasteiger partial charge in [-0.25, -0.2) is 0 Å². The van der Waals surface area contributed by atoms with Crippen LogP contribution in [-0.2, 0) is 11.2 Å². The Labute approximate surface area is 124 Å². The van der Waals surface area contributed by atoms with Gasteiger partial charge in [-0.3, -0.25) is 4.79 Å². The summed E-state index contributed by atoms with van der Waals surface area (Å²) in [6.45, 7) is 4.07. The van der Waals surface area contributed by atoms with Crippen LogP contribution in [0.2, 0.25) is 0 Å². The molecule has 3 aromatic rings. The first-order chi connectivity index (χ1) is 10.1. The molecule has 1 heterocycles. The van der Waals surface area contributed by atoms with Crippen LogP contribution in [0.5, 0.6) is 0 Å². The normalized spacial score (nSPS) is 10.8. The monoisotopic (exact) mass is 278 g/mol. The van der Waals surface area contributed by atoms with Gasteiger partial charge in [-0.15, -0.1) is 0 Å². The second-order valence-electron chi connectivity index (χ2n) is 5.37. The van der Waals surface area contributed by atoms with Gasteiger partial charge >= 0.3 is 0 Å². The summed E-state index contributed by atoms with van der Waals surface area (Å²) in [5.41, 5.74) is 5.30. The minimum Gasteiger partial charge on any atom is -0.361 e. The Bertz CT molecular complexity index is 802. The number of fused-ring (bicyclic) bond motifs is 1. The molecule has 0 aliphatic rings. The highest BCUT2D eigenvalue weighted by molar-refractivity contribution is 5.93. The summed E-state index contributed by atoms with van der Waals surface area (Å²) in [5.74, 6) is 0.0126. The molecule has 0 spiro atoms. The van der Waals surface area contributed by atoms with Gasteiger partial charge < -0.3 is 10.3 Å². The van der Waals surface area contributed by atoms with Crippen molar-refractivity contribution in [3.63, 3.8) is 0 Å². The van der Waals surface area contributed by atoms with Crippen LogP contribution in [0.1, 0.15) is 16.7 Å². The molecule has 21 heavy (non-hydrogen) atoms. The van der Waals surface area contributed by atoms with Crippen LogP contribution in [0.25, 0.3) is 10.9 Å². The lowest BCUT2D eigenvalue weighted by Gasteiger charge is -2.10. The lowest BCUT2D eigenvalue weighted by atomic mass is 10.1. The van der Waals surface area contributed by atoms with Gasteiger partial charge in [-0.2, -0.15) is 0 Å². The van der Waals surface area contributed by atoms with Crippen LogP contribution in [0.4, 0.5) is 5.69 Å². The summed E-state index contributed by atoms with van der Waals surface area (Å²) in [5, 5.41) is 4.13. The fraction of sp³-hybridized carbons (Fsp3) is 0.167. The number of nitrogens with one attached hydrogen (secondary N) is 2. The number of carbonyl (C=O) groups is 1. The molecule has 0 saturated carbocycles. The fourth-order valence-corrected chi connectivity index (χ4v) is 2.48. The van der Waals surface area contributed by atoms with Gasteiger partial charge in [0.15, 0.2) is 0 Å². The molecule has 0 aliphatic carbocycles. The maximum atomic E-state index is 12.2. The second-order valence-corrected chi connectivity index (χ2v) is 5.37. The highest BCUT2D eigenvalue weighted by Crippen LogP contribution is 2.19. The molecule has 106 valence electrons. The molecule has 3 nitrogen and oxygen atoms in total. The summed E-state index contributed by atoms with van der Waals surface area (Å²) in [4.78, 5) is 15.4. The molecule has 2 aromatic carbocycles. The van der Waals surface area contributed by atoms with Gasteiger partial charge in [0.1, 0.15) is 0 Å². The summed E-state index contributed by atoms with van der Waals surface area (Å²) >= 11 is 0. The SMILES string of the molecule is Cc1cccc(NC(=O)Cc2ccc3[nH]ccc3c2)c1C. The van der Waals surface area contributed by atoms with E-state index in [1.807, 2.05) is 56.4 Å². The number of H-pyrrole nitrogens is 1. The van der Waals surface area contributed by atoms with Gasteiger partial charge in [-0.05, 0) is 60.2 Å². The predicted molar refractivity (Wildman–Crippen MR) is 86.5 cm³/mol. The number of amides is 1. The quantitative estimate of drug-likeness (QED) is 0.748. The van der Waals surface area contributed by atoms with E-state index in [1.165, 1.54) is 5.56 Å². The number of aryl methyl sites for hydroxylation is 1. The average molecular weight is 278 g/mol. The standard InChI is InChI=1S/C18H18N2O/c1-12-4-3-5-16(13(12)2)20-18(21)11-14-6-7-17-15(10-14)8-9-19-17/h3-10,19H,11H2,1-2H3,(H,20,21). The first-order valence-electron chi connectivity index (χ1n) is 7.05. The van der Waals surface area contributed by atoms with Crippen molar-refractivity contribution >= 4 is 22.5 Å². The lowest BCUT2D eigenvalue weighted by molar-refractivity contribution is -0.115. The first-order valence-corrected chi connectivity index (χ1v) is 7.05. The molecule has 0 unspecified atom stereocenters. The van der Waals surface area contributed by atoms with Gasteiger partial charge in [0.05, 0.1) is 6.42 Å². The van der Waals surface area contributed by atoms with Gasteiger partial charge in [-0.1, -0.05) is 18.2 Å². The van der Waals surface area contributed by atoms with Gasteiger partial charge in [0.25, 0.3) is 0 Å². The molecule has 0 bridgehead atoms. The Morgan fingerprint density at radius 2 is 2.00 bits per heavy atom. The third-order valence-corrected chi connectivity index (χ3v) is 3.86. The minimum atomic E-state index is 0.0126. The number of hydrogen-bond donors (Lipinski definition) is 2. The van der Waals surface area contributed by atoms with Crippen LogP contribution in [-0.4, -0.2) is 10.9 Å². The Morgan fingerprint density at radius 3 is 2.86 bits per heavy atom. The van der Waals surface area contributed by atoms with E-state index in [4.69, 9.17) is 0 Å². The van der Waals surface area contributed by atoms with Crippen molar-refractivity contribution in [2.75, 3.05) is 5.32 Å². The van der Waals surface area contributed by atoms with Crippen LogP contribution < -0.4 is 5.32 Å². The topological polar surface area (TPSA) is 44.9 Å². The molecule has 1 amide bonds. The second kappa shape index (κ2) is 5.44. The summed E-state index contributed by atoms with van der Waals surface area (Å²) in [7, 11) is 0. The molecular weight excluding hydrogens is 260 g/mol. The van der Waals surface area contributed by atoms with E-state index in [-0.39, 0.29) is 5.91 Å². The van der Waals surface area contributed by atoms with E-state index >= 15 is 0 Å². The number of hydrogen-bond acceptors (Lipinski definition) is 1. The summed E-state index contributed by atoms with van der Waals surface area (Å²) in [6, 6.07) is 14.0. The van der Waals surface area contributed by atoms with Crippen molar-refractivity contribution < 1.29 is 4.79 Å². The van der Waals surface area contributed by atoms with E-state index < -0.39 is 0 Å². The molecule has 0 aliphatic heterocycles. The largest absolute Gasteiger partial charge is 0.361 e. The number of benzene rings is 2. The van der Waals surface area contributed by atoms with Crippen molar-refractivity contribution in [2.24, 2.45) is 0 Å². The van der Waals surface area contributed by atoms with E-state index in [9.17, 15) is 4.79 Å². The average Bonchev–Trinajstić information content (AvgIpc) is 2.91. The number of anilines is 1. The van der Waals surface area contributed by atoms with Crippen LogP contribution >= 0.6 is 0 Å². The summed E-state index contributed by atoms with van der Waals surface area (Å²) in [6.07, 6.45) is 2.29. The van der Waals surface area contributed by atoms with Crippen molar-refractivity contribution in [2.45, 2.75) is 20.3 Å². The van der Waals surface area contributed by atoms with Crippen LogP contribution in [0, 0.1) is 13.8 Å². The Morgan fingerprint density at radius 1 is 1.14 bits per heavy atom. The number of aromatic nitrogens is 1. The maximum absolute atomic E-state index is 12.2. The molecule has 0 saturated heterocycles. The number of rotatable bonds is 3. The zero-order valence-electron chi connectivity index (χ0n) is 12.2. The molecule has 3 heteroatoms. The van der Waals surface area contributed by atoms with E-state index in [2.05, 4.69) is 16.4 Å². The Balaban J connectivity index is 1.75. The van der Waals surface area contributed by atoms with Crippen LogP contribution in [0.15, 0.2) is 48.7 Å². The van der Waals surface area contributed by atoms with Crippen molar-refractivity contribution in [3.05, 3.63) is 65.4 Å². The Hall–Kier alpha value is -2.55. The Kier molecular flexibility index (Phi) is 3.48. The van der Waals surface area contributed by atoms with E-state index in [0.29, 0.717) is 6.42 Å². The third kappa shape index (κ3) is 2.82. The van der Waals surface area contributed by atoms with E-state index in [1.54, 1.807) is 0 Å². The molecule has 1 aromatic heterocycles. The number of carbonyl (C=O) groups excluding carboxylic acids is 1. The molecule has 0 fully saturated rings. The molecule has 3 rings (SSSR count). The van der Waals surface area contributed by atoms with E-state index in [0.717, 1.165) is 27.7 Å². The van der Waals surface area contributed by atoms with Crippen molar-refractivity contribution in [1.82, 2.24) is 4.98 Å². The first kappa shape index (κ1) is 13.4. The zero-order valence-corrected chi connectivity index (χ0v) is 12.2. The summed E-state index contributed by atoms with van der Waals surface area (Å²) < 4.78 is 0. The van der Waals surface area contributed by atoms with Crippen molar-refractivity contribution in [3.8, 4) is 0 Å². The highest BCUT2D eigenvalue weighted by atomic mass is 16.1. The molecular formula is C18H18N2O. The maximum Gasteiger partial charge on any atom is 0.228 e. The third-order valence-electron chi connectivity index (χ3n) is 3.86. The lowest BCUT2D eigenvalue weighted by Crippen LogP contribution is -2.15. The predicted octanol–water partition coefficient (Wildman–Crippen LogP) is 3.97. The van der Waals surface area contributed by atoms with Gasteiger partial charge in [0, 0.05) is 17.4 Å². The highest BCUT2D eigenvalue weighted by Gasteiger charge is 2.07. The van der Waals surface area contributed by atoms with Crippen molar-refractivity contribution in [1.29, 1.82) is 0 Å². The molecule has 0 atom stereocenters. The molecule has 0 radical (unpaired) electrons. The fourth-order valence-electron chi connectivity index (χ4n) is 2.48. The van der Waals surface area contributed by atoms with Gasteiger partial charge in [0.2, 0.25) is 5.91 Å². The number of aromatic amines is 1.